The standard InChI is InChI=1S/C8H16N6O4S2/c9-6(10)13-2(4(15)16)1-3(19)8(20,5(17)18)14-7(11)12/h2-3,19-20H,1H2,(H,15,16)(H,17,18)(H4,9,10,13)(H4,11,12,14)/t2-,3-,8-/m1/s1. The Morgan fingerprint density at radius 2 is 1.65 bits per heavy atom. The number of aliphatic carboxylic acids is 2. The van der Waals surface area contributed by atoms with Crippen LogP contribution in [0.4, 0.5) is 0 Å². The number of carbonyl (C=O) groups is 2. The first-order chi connectivity index (χ1) is 9.00. The lowest BCUT2D eigenvalue weighted by Gasteiger charge is -2.26. The topological polar surface area (TPSA) is 203 Å². The highest BCUT2D eigenvalue weighted by atomic mass is 32.1. The number of hydrogen-bond acceptors (Lipinski definition) is 6. The molecule has 0 rings (SSSR count). The number of aliphatic imine (C=N–C) groups is 2. The Balaban J connectivity index is 5.34. The Labute approximate surface area is 125 Å². The van der Waals surface area contributed by atoms with E-state index < -0.39 is 40.0 Å². The molecule has 0 aliphatic heterocycles. The SMILES string of the molecule is NC(N)=N[C@H](C[C@@H](S)[C@](S)(N=C(N)N)C(=O)O)C(=O)O. The van der Waals surface area contributed by atoms with E-state index in [4.69, 9.17) is 33.1 Å². The molecule has 10 N–H and O–H groups in total. The van der Waals surface area contributed by atoms with Crippen molar-refractivity contribution in [3.63, 3.8) is 0 Å². The summed E-state index contributed by atoms with van der Waals surface area (Å²) in [5.74, 6) is -3.85. The molecule has 0 heterocycles. The number of guanidine groups is 2. The Morgan fingerprint density at radius 1 is 1.15 bits per heavy atom. The van der Waals surface area contributed by atoms with Gasteiger partial charge in [0.2, 0.25) is 4.87 Å². The lowest BCUT2D eigenvalue weighted by atomic mass is 10.1. The number of carboxylic acid groups (broad SMARTS) is 2. The van der Waals surface area contributed by atoms with Crippen LogP contribution in [0.15, 0.2) is 9.98 Å². The number of carboxylic acids is 2. The van der Waals surface area contributed by atoms with E-state index in [2.05, 4.69) is 35.2 Å². The molecule has 114 valence electrons. The van der Waals surface area contributed by atoms with E-state index in [0.29, 0.717) is 0 Å². The zero-order chi connectivity index (χ0) is 16.1. The minimum Gasteiger partial charge on any atom is -0.480 e. The maximum atomic E-state index is 11.2. The van der Waals surface area contributed by atoms with Gasteiger partial charge in [-0.1, -0.05) is 0 Å². The molecule has 3 atom stereocenters. The van der Waals surface area contributed by atoms with E-state index in [1.165, 1.54) is 0 Å². The predicted octanol–water partition coefficient (Wildman–Crippen LogP) is -2.61. The second-order valence-electron chi connectivity index (χ2n) is 3.73. The molecule has 0 amide bonds. The van der Waals surface area contributed by atoms with Crippen molar-refractivity contribution in [2.75, 3.05) is 0 Å². The zero-order valence-electron chi connectivity index (χ0n) is 10.2. The zero-order valence-corrected chi connectivity index (χ0v) is 12.0. The molecule has 0 saturated heterocycles. The molecule has 0 aliphatic rings. The molecular weight excluding hydrogens is 308 g/mol. The Bertz CT molecular complexity index is 448. The third-order valence-corrected chi connectivity index (χ3v) is 3.51. The molecule has 0 aromatic carbocycles. The first-order valence-corrected chi connectivity index (χ1v) is 6.03. The monoisotopic (exact) mass is 324 g/mol. The van der Waals surface area contributed by atoms with Crippen LogP contribution in [0.2, 0.25) is 0 Å². The second-order valence-corrected chi connectivity index (χ2v) is 5.03. The average molecular weight is 324 g/mol. The van der Waals surface area contributed by atoms with Gasteiger partial charge in [0.05, 0.1) is 0 Å². The van der Waals surface area contributed by atoms with Crippen molar-refractivity contribution in [2.24, 2.45) is 32.9 Å². The van der Waals surface area contributed by atoms with Gasteiger partial charge in [-0.2, -0.15) is 12.6 Å². The summed E-state index contributed by atoms with van der Waals surface area (Å²) in [5, 5.41) is 16.9. The van der Waals surface area contributed by atoms with Crippen LogP contribution in [-0.4, -0.2) is 50.2 Å². The average Bonchev–Trinajstić information content (AvgIpc) is 2.25. The fourth-order valence-corrected chi connectivity index (χ4v) is 1.81. The summed E-state index contributed by atoms with van der Waals surface area (Å²) in [6, 6.07) is -1.40. The number of nitrogens with two attached hydrogens (primary N) is 4. The van der Waals surface area contributed by atoms with Crippen LogP contribution >= 0.6 is 25.3 Å². The molecule has 0 aliphatic carbocycles. The summed E-state index contributed by atoms with van der Waals surface area (Å²) in [6.45, 7) is 0. The van der Waals surface area contributed by atoms with E-state index >= 15 is 0 Å². The third kappa shape index (κ3) is 5.05. The Morgan fingerprint density at radius 3 is 1.95 bits per heavy atom. The van der Waals surface area contributed by atoms with Crippen LogP contribution in [0, 0.1) is 0 Å². The van der Waals surface area contributed by atoms with Crippen LogP contribution in [0.3, 0.4) is 0 Å². The first kappa shape index (κ1) is 18.2. The van der Waals surface area contributed by atoms with Crippen LogP contribution in [0.25, 0.3) is 0 Å². The molecule has 0 saturated carbocycles. The summed E-state index contributed by atoms with van der Waals surface area (Å²) < 4.78 is 0. The molecule has 0 spiro atoms. The molecule has 0 fully saturated rings. The third-order valence-electron chi connectivity index (χ3n) is 2.12. The lowest BCUT2D eigenvalue weighted by molar-refractivity contribution is -0.141. The maximum absolute atomic E-state index is 11.2. The van der Waals surface area contributed by atoms with Crippen molar-refractivity contribution in [1.82, 2.24) is 0 Å². The summed E-state index contributed by atoms with van der Waals surface area (Å²) in [6.07, 6.45) is -0.358. The van der Waals surface area contributed by atoms with Gasteiger partial charge in [0, 0.05) is 5.25 Å². The van der Waals surface area contributed by atoms with E-state index in [-0.39, 0.29) is 6.42 Å². The summed E-state index contributed by atoms with van der Waals surface area (Å²) in [4.78, 5) is 27.0. The van der Waals surface area contributed by atoms with E-state index in [1.807, 2.05) is 0 Å². The predicted molar refractivity (Wildman–Crippen MR) is 79.8 cm³/mol. The second kappa shape index (κ2) is 7.09. The lowest BCUT2D eigenvalue weighted by Crippen LogP contribution is -2.45. The number of nitrogens with zero attached hydrogens (tertiary/aromatic N) is 2. The van der Waals surface area contributed by atoms with E-state index in [1.54, 1.807) is 0 Å². The molecule has 20 heavy (non-hydrogen) atoms. The number of rotatable bonds is 7. The summed E-state index contributed by atoms with van der Waals surface area (Å²) in [7, 11) is 0. The van der Waals surface area contributed by atoms with Crippen LogP contribution < -0.4 is 22.9 Å². The minimum atomic E-state index is -2.12. The highest BCUT2D eigenvalue weighted by Gasteiger charge is 2.43. The van der Waals surface area contributed by atoms with Crippen molar-refractivity contribution >= 4 is 49.1 Å². The van der Waals surface area contributed by atoms with Crippen molar-refractivity contribution < 1.29 is 19.8 Å². The van der Waals surface area contributed by atoms with Gasteiger partial charge in [0.1, 0.15) is 0 Å². The van der Waals surface area contributed by atoms with Crippen molar-refractivity contribution in [2.45, 2.75) is 22.6 Å². The Kier molecular flexibility index (Phi) is 6.45. The van der Waals surface area contributed by atoms with Gasteiger partial charge in [0.15, 0.2) is 18.0 Å². The first-order valence-electron chi connectivity index (χ1n) is 5.06. The minimum absolute atomic E-state index is 0.358. The maximum Gasteiger partial charge on any atom is 0.343 e. The van der Waals surface area contributed by atoms with Crippen LogP contribution in [-0.2, 0) is 9.59 Å². The van der Waals surface area contributed by atoms with Gasteiger partial charge >= 0.3 is 11.9 Å². The molecule has 0 aromatic rings. The quantitative estimate of drug-likeness (QED) is 0.141. The number of thiol groups is 2. The number of hydrogen-bond donors (Lipinski definition) is 8. The smallest absolute Gasteiger partial charge is 0.343 e. The summed E-state index contributed by atoms with van der Waals surface area (Å²) >= 11 is 7.85. The molecule has 0 radical (unpaired) electrons. The molecule has 10 nitrogen and oxygen atoms in total. The normalized spacial score (nSPS) is 16.3. The Hall–Kier alpha value is -1.82. The van der Waals surface area contributed by atoms with Crippen LogP contribution in [0.5, 0.6) is 0 Å². The largest absolute Gasteiger partial charge is 0.480 e. The fraction of sp³-hybridized carbons (Fsp3) is 0.500. The van der Waals surface area contributed by atoms with Crippen molar-refractivity contribution in [1.29, 1.82) is 0 Å². The van der Waals surface area contributed by atoms with E-state index in [0.717, 1.165) is 0 Å². The van der Waals surface area contributed by atoms with Gasteiger partial charge in [-0.05, 0) is 6.42 Å². The van der Waals surface area contributed by atoms with Gasteiger partial charge in [-0.3, -0.25) is 0 Å². The van der Waals surface area contributed by atoms with Gasteiger partial charge in [-0.25, -0.2) is 19.6 Å². The van der Waals surface area contributed by atoms with Gasteiger partial charge in [-0.15, -0.1) is 12.6 Å². The van der Waals surface area contributed by atoms with Gasteiger partial charge in [0.25, 0.3) is 0 Å². The van der Waals surface area contributed by atoms with Crippen LogP contribution in [0.1, 0.15) is 6.42 Å². The fourth-order valence-electron chi connectivity index (χ4n) is 1.23. The highest BCUT2D eigenvalue weighted by Crippen LogP contribution is 2.30. The molecule has 0 bridgehead atoms. The molecule has 0 unspecified atom stereocenters. The molecule has 12 heteroatoms. The van der Waals surface area contributed by atoms with E-state index in [9.17, 15) is 9.59 Å². The van der Waals surface area contributed by atoms with Gasteiger partial charge < -0.3 is 33.1 Å². The highest BCUT2D eigenvalue weighted by molar-refractivity contribution is 7.86. The molecule has 0 aromatic heterocycles. The van der Waals surface area contributed by atoms with Crippen molar-refractivity contribution in [3.05, 3.63) is 0 Å². The molecular formula is C8H16N6O4S2. The van der Waals surface area contributed by atoms with Crippen molar-refractivity contribution in [3.8, 4) is 0 Å². The summed E-state index contributed by atoms with van der Waals surface area (Å²) in [5.41, 5.74) is 20.4.